The summed E-state index contributed by atoms with van der Waals surface area (Å²) >= 11 is 6.04. The molecule has 0 spiro atoms. The van der Waals surface area contributed by atoms with Gasteiger partial charge in [0.1, 0.15) is 5.15 Å². The summed E-state index contributed by atoms with van der Waals surface area (Å²) in [5.41, 5.74) is 0.708. The van der Waals surface area contributed by atoms with Crippen molar-refractivity contribution in [2.75, 3.05) is 20.3 Å². The number of hydrogen-bond acceptors (Lipinski definition) is 5. The minimum atomic E-state index is 0.314. The predicted octanol–water partition coefficient (Wildman–Crippen LogP) is 3.60. The molecule has 1 aromatic heterocycles. The number of ether oxygens (including phenoxy) is 3. The highest BCUT2D eigenvalue weighted by atomic mass is 35.5. The Hall–Kier alpha value is -2.01. The number of nitrogens with zero attached hydrogens (tertiary/aromatic N) is 2. The Morgan fingerprint density at radius 1 is 1.10 bits per heavy atom. The third-order valence-electron chi connectivity index (χ3n) is 2.69. The highest BCUT2D eigenvalue weighted by Crippen LogP contribution is 2.37. The molecule has 0 atom stereocenters. The lowest BCUT2D eigenvalue weighted by Crippen LogP contribution is -2.01. The van der Waals surface area contributed by atoms with Crippen LogP contribution in [0.15, 0.2) is 24.3 Å². The third kappa shape index (κ3) is 3.55. The first-order valence-corrected chi connectivity index (χ1v) is 7.04. The Labute approximate surface area is 128 Å². The van der Waals surface area contributed by atoms with Crippen LogP contribution in [0, 0.1) is 0 Å². The van der Waals surface area contributed by atoms with Crippen molar-refractivity contribution in [1.82, 2.24) is 9.97 Å². The Kier molecular flexibility index (Phi) is 5.22. The molecule has 0 bridgehead atoms. The van der Waals surface area contributed by atoms with Crippen LogP contribution in [0.1, 0.15) is 13.8 Å². The van der Waals surface area contributed by atoms with Gasteiger partial charge in [-0.05, 0) is 26.0 Å². The highest BCUT2D eigenvalue weighted by molar-refractivity contribution is 6.29. The summed E-state index contributed by atoms with van der Waals surface area (Å²) in [5, 5.41) is 0.314. The van der Waals surface area contributed by atoms with E-state index < -0.39 is 0 Å². The molecular formula is C15H17ClN2O3. The largest absolute Gasteiger partial charge is 0.493 e. The molecule has 0 saturated heterocycles. The number of hydrogen-bond donors (Lipinski definition) is 0. The predicted molar refractivity (Wildman–Crippen MR) is 81.4 cm³/mol. The van der Waals surface area contributed by atoms with Crippen LogP contribution < -0.4 is 14.2 Å². The molecule has 21 heavy (non-hydrogen) atoms. The standard InChI is InChI=1S/C15H17ClN2O3/c1-4-20-13-9-12(16)17-15(18-13)10-7-6-8-11(19-3)14(10)21-5-2/h6-9H,4-5H2,1-3H3. The van der Waals surface area contributed by atoms with Gasteiger partial charge in [0.15, 0.2) is 17.3 Å². The number of aromatic nitrogens is 2. The summed E-state index contributed by atoms with van der Waals surface area (Å²) in [7, 11) is 1.59. The van der Waals surface area contributed by atoms with Crippen molar-refractivity contribution in [3.05, 3.63) is 29.4 Å². The van der Waals surface area contributed by atoms with Crippen molar-refractivity contribution < 1.29 is 14.2 Å². The molecule has 0 N–H and O–H groups in total. The topological polar surface area (TPSA) is 53.5 Å². The lowest BCUT2D eigenvalue weighted by Gasteiger charge is -2.13. The van der Waals surface area contributed by atoms with Crippen molar-refractivity contribution >= 4 is 11.6 Å². The van der Waals surface area contributed by atoms with Gasteiger partial charge in [0, 0.05) is 6.07 Å². The Morgan fingerprint density at radius 2 is 1.86 bits per heavy atom. The van der Waals surface area contributed by atoms with Crippen molar-refractivity contribution in [3.63, 3.8) is 0 Å². The lowest BCUT2D eigenvalue weighted by atomic mass is 10.1. The van der Waals surface area contributed by atoms with Crippen LogP contribution in [0.4, 0.5) is 0 Å². The molecule has 5 nitrogen and oxygen atoms in total. The van der Waals surface area contributed by atoms with E-state index in [-0.39, 0.29) is 0 Å². The van der Waals surface area contributed by atoms with Crippen LogP contribution in [-0.4, -0.2) is 30.3 Å². The van der Waals surface area contributed by atoms with Gasteiger partial charge in [-0.15, -0.1) is 0 Å². The van der Waals surface area contributed by atoms with Crippen LogP contribution in [0.2, 0.25) is 5.15 Å². The van der Waals surface area contributed by atoms with Gasteiger partial charge in [-0.3, -0.25) is 0 Å². The van der Waals surface area contributed by atoms with Crippen molar-refractivity contribution in [2.45, 2.75) is 13.8 Å². The van der Waals surface area contributed by atoms with Crippen LogP contribution in [0.5, 0.6) is 17.4 Å². The Morgan fingerprint density at radius 3 is 2.52 bits per heavy atom. The molecule has 1 aromatic carbocycles. The SMILES string of the molecule is CCOc1cc(Cl)nc(-c2cccc(OC)c2OCC)n1. The van der Waals surface area contributed by atoms with Crippen LogP contribution >= 0.6 is 11.6 Å². The first kappa shape index (κ1) is 15.4. The van der Waals surface area contributed by atoms with E-state index in [9.17, 15) is 0 Å². The molecule has 0 unspecified atom stereocenters. The minimum Gasteiger partial charge on any atom is -0.493 e. The molecule has 0 radical (unpaired) electrons. The molecule has 2 rings (SSSR count). The van der Waals surface area contributed by atoms with E-state index >= 15 is 0 Å². The number of benzene rings is 1. The van der Waals surface area contributed by atoms with Gasteiger partial charge in [-0.25, -0.2) is 4.98 Å². The van der Waals surface area contributed by atoms with Gasteiger partial charge in [0.2, 0.25) is 5.88 Å². The summed E-state index contributed by atoms with van der Waals surface area (Å²) in [6.45, 7) is 4.79. The second kappa shape index (κ2) is 7.13. The summed E-state index contributed by atoms with van der Waals surface area (Å²) < 4.78 is 16.4. The van der Waals surface area contributed by atoms with Gasteiger partial charge in [0.25, 0.3) is 0 Å². The fourth-order valence-electron chi connectivity index (χ4n) is 1.89. The minimum absolute atomic E-state index is 0.314. The van der Waals surface area contributed by atoms with Gasteiger partial charge in [-0.2, -0.15) is 4.98 Å². The number of methoxy groups -OCH3 is 1. The van der Waals surface area contributed by atoms with E-state index in [2.05, 4.69) is 9.97 Å². The van der Waals surface area contributed by atoms with Crippen LogP contribution in [0.25, 0.3) is 11.4 Å². The van der Waals surface area contributed by atoms with E-state index in [4.69, 9.17) is 25.8 Å². The smallest absolute Gasteiger partial charge is 0.218 e. The molecule has 2 aromatic rings. The summed E-state index contributed by atoms with van der Waals surface area (Å²) in [6.07, 6.45) is 0. The molecule has 0 amide bonds. The number of halogens is 1. The van der Waals surface area contributed by atoms with E-state index in [0.29, 0.717) is 47.1 Å². The Balaban J connectivity index is 2.55. The summed E-state index contributed by atoms with van der Waals surface area (Å²) in [6, 6.07) is 7.10. The van der Waals surface area contributed by atoms with Crippen LogP contribution in [-0.2, 0) is 0 Å². The van der Waals surface area contributed by atoms with Gasteiger partial charge < -0.3 is 14.2 Å². The van der Waals surface area contributed by atoms with E-state index in [0.717, 1.165) is 0 Å². The van der Waals surface area contributed by atoms with Crippen LogP contribution in [0.3, 0.4) is 0 Å². The monoisotopic (exact) mass is 308 g/mol. The maximum absolute atomic E-state index is 6.04. The third-order valence-corrected chi connectivity index (χ3v) is 2.89. The van der Waals surface area contributed by atoms with E-state index in [1.54, 1.807) is 13.2 Å². The quantitative estimate of drug-likeness (QED) is 0.763. The molecule has 0 aliphatic rings. The van der Waals surface area contributed by atoms with Crippen molar-refractivity contribution in [1.29, 1.82) is 0 Å². The maximum atomic E-state index is 6.04. The normalized spacial score (nSPS) is 10.3. The molecule has 1 heterocycles. The fourth-order valence-corrected chi connectivity index (χ4v) is 2.06. The maximum Gasteiger partial charge on any atom is 0.218 e. The lowest BCUT2D eigenvalue weighted by molar-refractivity contribution is 0.311. The van der Waals surface area contributed by atoms with Crippen molar-refractivity contribution in [2.24, 2.45) is 0 Å². The first-order valence-electron chi connectivity index (χ1n) is 6.67. The fraction of sp³-hybridized carbons (Fsp3) is 0.333. The second-order valence-electron chi connectivity index (χ2n) is 4.06. The van der Waals surface area contributed by atoms with E-state index in [1.165, 1.54) is 0 Å². The molecule has 6 heteroatoms. The molecule has 0 aliphatic carbocycles. The van der Waals surface area contributed by atoms with Gasteiger partial charge in [0.05, 0.1) is 25.9 Å². The highest BCUT2D eigenvalue weighted by Gasteiger charge is 2.16. The van der Waals surface area contributed by atoms with Gasteiger partial charge >= 0.3 is 0 Å². The second-order valence-corrected chi connectivity index (χ2v) is 4.44. The molecule has 0 saturated carbocycles. The molecular weight excluding hydrogens is 292 g/mol. The van der Waals surface area contributed by atoms with E-state index in [1.807, 2.05) is 32.0 Å². The summed E-state index contributed by atoms with van der Waals surface area (Å²) in [5.74, 6) is 2.08. The van der Waals surface area contributed by atoms with Gasteiger partial charge in [-0.1, -0.05) is 17.7 Å². The number of para-hydroxylation sites is 1. The summed E-state index contributed by atoms with van der Waals surface area (Å²) in [4.78, 5) is 8.60. The first-order chi connectivity index (χ1) is 10.2. The number of rotatable bonds is 6. The zero-order valence-electron chi connectivity index (χ0n) is 12.2. The zero-order chi connectivity index (χ0) is 15.2. The van der Waals surface area contributed by atoms with Crippen molar-refractivity contribution in [3.8, 4) is 28.8 Å². The zero-order valence-corrected chi connectivity index (χ0v) is 13.0. The average molecular weight is 309 g/mol. The molecule has 0 fully saturated rings. The average Bonchev–Trinajstić information content (AvgIpc) is 2.47. The molecule has 0 aliphatic heterocycles. The Bertz CT molecular complexity index is 620. The molecule has 112 valence electrons.